The predicted molar refractivity (Wildman–Crippen MR) is 77.5 cm³/mol. The van der Waals surface area contributed by atoms with Crippen molar-refractivity contribution in [2.75, 3.05) is 13.7 Å². The molecule has 1 aromatic heterocycles. The van der Waals surface area contributed by atoms with Crippen LogP contribution in [0.3, 0.4) is 0 Å². The molecule has 1 atom stereocenters. The number of benzene rings is 1. The van der Waals surface area contributed by atoms with Crippen LogP contribution in [-0.2, 0) is 0 Å². The molecular formula is C15H18FNOS. The predicted octanol–water partition coefficient (Wildman–Crippen LogP) is 3.90. The van der Waals surface area contributed by atoms with Crippen LogP contribution in [0.2, 0.25) is 0 Å². The quantitative estimate of drug-likeness (QED) is 0.896. The molecule has 1 N–H and O–H groups in total. The Hall–Kier alpha value is -1.39. The molecule has 0 saturated carbocycles. The van der Waals surface area contributed by atoms with Crippen LogP contribution >= 0.6 is 11.3 Å². The Balaban J connectivity index is 2.39. The average Bonchev–Trinajstić information content (AvgIpc) is 2.82. The molecule has 0 aliphatic carbocycles. The van der Waals surface area contributed by atoms with Gasteiger partial charge < -0.3 is 10.1 Å². The van der Waals surface area contributed by atoms with Crippen LogP contribution in [0.25, 0.3) is 0 Å². The van der Waals surface area contributed by atoms with Crippen molar-refractivity contribution in [2.24, 2.45) is 0 Å². The molecule has 0 aliphatic heterocycles. The first-order chi connectivity index (χ1) is 9.17. The molecule has 0 fully saturated rings. The molecule has 102 valence electrons. The highest BCUT2D eigenvalue weighted by Crippen LogP contribution is 2.31. The number of rotatable bonds is 5. The summed E-state index contributed by atoms with van der Waals surface area (Å²) in [5, 5.41) is 5.47. The third-order valence-electron chi connectivity index (χ3n) is 3.08. The normalized spacial score (nSPS) is 12.4. The lowest BCUT2D eigenvalue weighted by Gasteiger charge is -2.19. The van der Waals surface area contributed by atoms with Gasteiger partial charge in [-0.2, -0.15) is 0 Å². The first-order valence-electron chi connectivity index (χ1n) is 6.28. The smallest absolute Gasteiger partial charge is 0.165 e. The van der Waals surface area contributed by atoms with Crippen molar-refractivity contribution in [3.05, 3.63) is 51.5 Å². The molecule has 0 radical (unpaired) electrons. The van der Waals surface area contributed by atoms with Crippen LogP contribution in [0.1, 0.15) is 29.0 Å². The minimum Gasteiger partial charge on any atom is -0.494 e. The largest absolute Gasteiger partial charge is 0.494 e. The SMILES string of the molecule is CCNC(c1ccc(OC)c(F)c1)c1sccc1C. The minimum atomic E-state index is -0.322. The number of thiophene rings is 1. The Bertz CT molecular complexity index is 553. The van der Waals surface area contributed by atoms with E-state index in [-0.39, 0.29) is 17.6 Å². The Labute approximate surface area is 117 Å². The van der Waals surface area contributed by atoms with E-state index >= 15 is 0 Å². The molecule has 4 heteroatoms. The summed E-state index contributed by atoms with van der Waals surface area (Å²) in [7, 11) is 1.48. The van der Waals surface area contributed by atoms with Gasteiger partial charge in [0.05, 0.1) is 13.2 Å². The number of aryl methyl sites for hydroxylation is 1. The number of methoxy groups -OCH3 is 1. The maximum absolute atomic E-state index is 13.8. The van der Waals surface area contributed by atoms with Gasteiger partial charge in [-0.1, -0.05) is 13.0 Å². The molecule has 0 spiro atoms. The Morgan fingerprint density at radius 3 is 2.68 bits per heavy atom. The molecule has 1 heterocycles. The van der Waals surface area contributed by atoms with Gasteiger partial charge in [0.1, 0.15) is 0 Å². The maximum Gasteiger partial charge on any atom is 0.165 e. The van der Waals surface area contributed by atoms with Gasteiger partial charge in [-0.05, 0) is 48.2 Å². The van der Waals surface area contributed by atoms with E-state index in [1.807, 2.05) is 6.07 Å². The van der Waals surface area contributed by atoms with Crippen LogP contribution in [0.15, 0.2) is 29.6 Å². The first kappa shape index (κ1) is 14.0. The van der Waals surface area contributed by atoms with Crippen molar-refractivity contribution in [1.29, 1.82) is 0 Å². The second kappa shape index (κ2) is 6.17. The lowest BCUT2D eigenvalue weighted by molar-refractivity contribution is 0.386. The summed E-state index contributed by atoms with van der Waals surface area (Å²) < 4.78 is 18.8. The van der Waals surface area contributed by atoms with Crippen LogP contribution in [0.5, 0.6) is 5.75 Å². The fraction of sp³-hybridized carbons (Fsp3) is 0.333. The van der Waals surface area contributed by atoms with E-state index in [2.05, 4.69) is 30.6 Å². The standard InChI is InChI=1S/C15H18FNOS/c1-4-17-14(15-10(2)7-8-19-15)11-5-6-13(18-3)12(16)9-11/h5-9,14,17H,4H2,1-3H3. The molecule has 2 aromatic rings. The second-order valence-electron chi connectivity index (χ2n) is 4.35. The molecule has 0 bridgehead atoms. The van der Waals surface area contributed by atoms with Gasteiger partial charge in [0.25, 0.3) is 0 Å². The Morgan fingerprint density at radius 1 is 1.37 bits per heavy atom. The summed E-state index contributed by atoms with van der Waals surface area (Å²) in [6.45, 7) is 4.96. The lowest BCUT2D eigenvalue weighted by atomic mass is 10.0. The fourth-order valence-electron chi connectivity index (χ4n) is 2.11. The van der Waals surface area contributed by atoms with Crippen molar-refractivity contribution < 1.29 is 9.13 Å². The van der Waals surface area contributed by atoms with Crippen LogP contribution in [0, 0.1) is 12.7 Å². The zero-order valence-corrected chi connectivity index (χ0v) is 12.2. The zero-order valence-electron chi connectivity index (χ0n) is 11.4. The van der Waals surface area contributed by atoms with Gasteiger partial charge >= 0.3 is 0 Å². The van der Waals surface area contributed by atoms with Gasteiger partial charge in [0.15, 0.2) is 11.6 Å². The highest BCUT2D eigenvalue weighted by Gasteiger charge is 2.18. The number of nitrogens with one attached hydrogen (secondary N) is 1. The third kappa shape index (κ3) is 2.96. The van der Waals surface area contributed by atoms with E-state index in [0.717, 1.165) is 12.1 Å². The van der Waals surface area contributed by atoms with Crippen LogP contribution < -0.4 is 10.1 Å². The van der Waals surface area contributed by atoms with Gasteiger partial charge in [0, 0.05) is 4.88 Å². The number of hydrogen-bond donors (Lipinski definition) is 1. The second-order valence-corrected chi connectivity index (χ2v) is 5.30. The van der Waals surface area contributed by atoms with Crippen molar-refractivity contribution in [1.82, 2.24) is 5.32 Å². The van der Waals surface area contributed by atoms with E-state index in [9.17, 15) is 4.39 Å². The summed E-state index contributed by atoms with van der Waals surface area (Å²) in [6.07, 6.45) is 0. The highest BCUT2D eigenvalue weighted by atomic mass is 32.1. The maximum atomic E-state index is 13.8. The number of halogens is 1. The average molecular weight is 279 g/mol. The topological polar surface area (TPSA) is 21.3 Å². The Kier molecular flexibility index (Phi) is 4.56. The molecule has 0 saturated heterocycles. The molecular weight excluding hydrogens is 261 g/mol. The van der Waals surface area contributed by atoms with Gasteiger partial charge in [-0.3, -0.25) is 0 Å². The number of hydrogen-bond acceptors (Lipinski definition) is 3. The van der Waals surface area contributed by atoms with Crippen molar-refractivity contribution in [3.63, 3.8) is 0 Å². The molecule has 0 amide bonds. The van der Waals surface area contributed by atoms with Crippen molar-refractivity contribution in [3.8, 4) is 5.75 Å². The van der Waals surface area contributed by atoms with E-state index in [1.165, 1.54) is 17.6 Å². The van der Waals surface area contributed by atoms with Crippen molar-refractivity contribution >= 4 is 11.3 Å². The fourth-order valence-corrected chi connectivity index (χ4v) is 3.14. The Morgan fingerprint density at radius 2 is 2.16 bits per heavy atom. The summed E-state index contributed by atoms with van der Waals surface area (Å²) in [6, 6.07) is 7.26. The van der Waals surface area contributed by atoms with E-state index in [4.69, 9.17) is 4.74 Å². The lowest BCUT2D eigenvalue weighted by Crippen LogP contribution is -2.21. The van der Waals surface area contributed by atoms with E-state index in [1.54, 1.807) is 23.5 Å². The molecule has 2 rings (SSSR count). The number of ether oxygens (including phenoxy) is 1. The van der Waals surface area contributed by atoms with Crippen molar-refractivity contribution in [2.45, 2.75) is 19.9 Å². The molecule has 19 heavy (non-hydrogen) atoms. The molecule has 1 unspecified atom stereocenters. The summed E-state index contributed by atoms with van der Waals surface area (Å²) >= 11 is 1.69. The summed E-state index contributed by atoms with van der Waals surface area (Å²) in [5.41, 5.74) is 2.15. The first-order valence-corrected chi connectivity index (χ1v) is 7.16. The van der Waals surface area contributed by atoms with Gasteiger partial charge in [-0.25, -0.2) is 4.39 Å². The minimum absolute atomic E-state index is 0.0328. The van der Waals surface area contributed by atoms with E-state index in [0.29, 0.717) is 0 Å². The zero-order chi connectivity index (χ0) is 13.8. The summed E-state index contributed by atoms with van der Waals surface area (Å²) in [4.78, 5) is 1.23. The van der Waals surface area contributed by atoms with Gasteiger partial charge in [0.2, 0.25) is 0 Å². The molecule has 1 aromatic carbocycles. The summed E-state index contributed by atoms with van der Waals surface area (Å²) in [5.74, 6) is -0.0426. The molecule has 0 aliphatic rings. The van der Waals surface area contributed by atoms with Crippen LogP contribution in [-0.4, -0.2) is 13.7 Å². The van der Waals surface area contributed by atoms with Gasteiger partial charge in [-0.15, -0.1) is 11.3 Å². The molecule has 2 nitrogen and oxygen atoms in total. The van der Waals surface area contributed by atoms with Crippen LogP contribution in [0.4, 0.5) is 4.39 Å². The van der Waals surface area contributed by atoms with E-state index < -0.39 is 0 Å². The monoisotopic (exact) mass is 279 g/mol. The third-order valence-corrected chi connectivity index (χ3v) is 4.17. The highest BCUT2D eigenvalue weighted by molar-refractivity contribution is 7.10.